The van der Waals surface area contributed by atoms with E-state index in [9.17, 15) is 96.8 Å². The number of amides is 16. The van der Waals surface area contributed by atoms with Gasteiger partial charge in [-0.3, -0.25) is 76.7 Å². The summed E-state index contributed by atoms with van der Waals surface area (Å²) in [6, 6.07) is 14.1. The van der Waals surface area contributed by atoms with Crippen LogP contribution in [-0.2, 0) is 107 Å². The molecule has 2 aliphatic heterocycles. The molecule has 2 fully saturated rings. The maximum Gasteiger partial charge on any atom is 0.326 e. The minimum absolute atomic E-state index is 0.00674. The largest absolute Gasteiger partial charge is 0.480 e. The molecule has 0 bridgehead atoms. The van der Waals surface area contributed by atoms with Gasteiger partial charge in [0.1, 0.15) is 72.5 Å². The van der Waals surface area contributed by atoms with Gasteiger partial charge in [-0.15, -0.1) is 0 Å². The molecule has 0 spiro atoms. The van der Waals surface area contributed by atoms with Crippen LogP contribution in [0.25, 0.3) is 0 Å². The van der Waals surface area contributed by atoms with E-state index in [0.29, 0.717) is 35.1 Å². The van der Waals surface area contributed by atoms with Crippen LogP contribution < -0.4 is 85.9 Å². The van der Waals surface area contributed by atoms with E-state index < -0.39 is 219 Å². The number of aliphatic carboxylic acids is 1. The van der Waals surface area contributed by atoms with E-state index in [2.05, 4.69) is 74.4 Å². The number of fused-ring (bicyclic) bond motifs is 1. The molecule has 0 radical (unpaired) electrons. The SMILES string of the molecule is CC(C)C[C@H](NC(=O)CNC(=O)[C@H](Cc1ccccc1)NC(=O)[C@H](CO)NC(=O)[C@@H]1CC(=O)NCC(=O)N[C@@H](Cc2ccccc2)C(=O)NCC(=O)N[C@@H](CO)C(=O)N[C@@H](CCCCN)C(=O)N2CCC[C@H]2C(=O)N[C@@H](CC(C)C)C(=O)N1)C(=O)N[C@@H](CC(N)=O)C(=O)N[C@@H](Cc1ccccc1)C(=O)N[C@@H](Cc1ccccc1)C(=O)O. The van der Waals surface area contributed by atoms with Crippen molar-refractivity contribution >= 4 is 100 Å². The van der Waals surface area contributed by atoms with Crippen molar-refractivity contribution in [2.45, 2.75) is 184 Å². The van der Waals surface area contributed by atoms with E-state index in [4.69, 9.17) is 11.5 Å². The third kappa shape index (κ3) is 31.3. The predicted octanol–water partition coefficient (Wildman–Crippen LogP) is -4.80. The molecule has 2 saturated heterocycles. The van der Waals surface area contributed by atoms with Crippen molar-refractivity contribution in [3.8, 4) is 0 Å². The zero-order chi connectivity index (χ0) is 85.0. The molecule has 2 heterocycles. The molecule has 2 aliphatic rings. The molecule has 0 aromatic heterocycles. The highest BCUT2D eigenvalue weighted by Gasteiger charge is 2.42. The maximum absolute atomic E-state index is 14.7. The molecule has 116 heavy (non-hydrogen) atoms. The summed E-state index contributed by atoms with van der Waals surface area (Å²) in [5.74, 6) is -18.3. The Balaban J connectivity index is 1.22. The number of benzene rings is 4. The van der Waals surface area contributed by atoms with Gasteiger partial charge in [0.25, 0.3) is 0 Å². The Hall–Kier alpha value is -12.3. The lowest BCUT2D eigenvalue weighted by molar-refractivity contribution is -0.143. The van der Waals surface area contributed by atoms with Gasteiger partial charge in [-0.2, -0.15) is 0 Å². The van der Waals surface area contributed by atoms with Crippen molar-refractivity contribution in [3.63, 3.8) is 0 Å². The summed E-state index contributed by atoms with van der Waals surface area (Å²) >= 11 is 0. The second kappa shape index (κ2) is 47.4. The molecule has 0 unspecified atom stereocenters. The van der Waals surface area contributed by atoms with Crippen LogP contribution in [0.5, 0.6) is 0 Å². The summed E-state index contributed by atoms with van der Waals surface area (Å²) < 4.78 is 0. The van der Waals surface area contributed by atoms with Crippen molar-refractivity contribution < 1.29 is 96.8 Å². The number of unbranched alkanes of at least 4 members (excludes halogenated alkanes) is 1. The molecule has 0 saturated carbocycles. The number of hydrogen-bond acceptors (Lipinski definition) is 20. The number of primary amides is 1. The molecule has 37 heteroatoms. The average Bonchev–Trinajstić information content (AvgIpc) is 1.64. The fourth-order valence-corrected chi connectivity index (χ4v) is 12.8. The number of nitrogens with two attached hydrogens (primary N) is 2. The van der Waals surface area contributed by atoms with Gasteiger partial charge in [-0.05, 0) is 85.6 Å². The number of hydrogen-bond donors (Lipinski definition) is 19. The summed E-state index contributed by atoms with van der Waals surface area (Å²) in [6.45, 7) is 2.31. The lowest BCUT2D eigenvalue weighted by Gasteiger charge is -2.31. The average molecular weight is 1610 g/mol. The molecule has 0 aliphatic carbocycles. The van der Waals surface area contributed by atoms with Crippen molar-refractivity contribution in [1.82, 2.24) is 79.3 Å². The zero-order valence-corrected chi connectivity index (χ0v) is 65.2. The first-order chi connectivity index (χ1) is 55.3. The second-order valence-corrected chi connectivity index (χ2v) is 29.1. The van der Waals surface area contributed by atoms with E-state index in [1.165, 1.54) is 4.90 Å². The summed E-state index contributed by atoms with van der Waals surface area (Å²) in [7, 11) is 0. The molecular weight excluding hydrogens is 1510 g/mol. The van der Waals surface area contributed by atoms with Gasteiger partial charge in [-0.1, -0.05) is 149 Å². The molecule has 4 aromatic rings. The van der Waals surface area contributed by atoms with Gasteiger partial charge in [0.2, 0.25) is 94.5 Å². The minimum Gasteiger partial charge on any atom is -0.480 e. The zero-order valence-electron chi connectivity index (χ0n) is 65.2. The van der Waals surface area contributed by atoms with Gasteiger partial charge < -0.3 is 106 Å². The quantitative estimate of drug-likeness (QED) is 0.0192. The van der Waals surface area contributed by atoms with E-state index >= 15 is 0 Å². The Morgan fingerprint density at radius 2 is 0.991 bits per heavy atom. The number of nitrogens with zero attached hydrogens (tertiary/aromatic N) is 1. The summed E-state index contributed by atoms with van der Waals surface area (Å²) in [6.07, 6.45) is -1.77. The van der Waals surface area contributed by atoms with Crippen molar-refractivity contribution in [3.05, 3.63) is 144 Å². The van der Waals surface area contributed by atoms with Gasteiger partial charge in [0, 0.05) is 32.2 Å². The van der Waals surface area contributed by atoms with Crippen molar-refractivity contribution in [1.29, 1.82) is 0 Å². The van der Waals surface area contributed by atoms with Crippen LogP contribution in [0.1, 0.15) is 108 Å². The second-order valence-electron chi connectivity index (χ2n) is 29.1. The number of carboxylic acids is 1. The van der Waals surface area contributed by atoms with Crippen LogP contribution in [-0.4, -0.2) is 239 Å². The fourth-order valence-electron chi connectivity index (χ4n) is 12.8. The van der Waals surface area contributed by atoms with Crippen LogP contribution in [0, 0.1) is 11.8 Å². The topological polar surface area (TPSA) is 575 Å². The Morgan fingerprint density at radius 1 is 0.500 bits per heavy atom. The van der Waals surface area contributed by atoms with Crippen molar-refractivity contribution in [2.24, 2.45) is 23.3 Å². The Bertz CT molecular complexity index is 4050. The Kier molecular flexibility index (Phi) is 37.9. The number of rotatable bonds is 35. The van der Waals surface area contributed by atoms with E-state index in [-0.39, 0.29) is 82.7 Å². The lowest BCUT2D eigenvalue weighted by Crippen LogP contribution is -2.61. The number of nitrogens with one attached hydrogen (secondary N) is 14. The maximum atomic E-state index is 14.7. The summed E-state index contributed by atoms with van der Waals surface area (Å²) in [4.78, 5) is 238. The standard InChI is InChI=1S/C79H107N17O20/c1-45(2)32-52(70(106)91-57(38-63(81)99)73(109)90-56(36-49-24-13-7-14-25-49)72(108)94-59(79(115)116)37-50-26-15-8-16-27-50)85-66(102)41-84-69(105)55(35-48-22-11-6-12-23-48)89-76(112)61(44-98)95-74(110)58-39-64(100)82-40-65(101)86-54(34-47-20-9-5-10-21-47)68(104)83-42-67(103)87-60(43-97)75(111)88-51(28-17-18-30-80)78(114)96-31-19-29-62(96)77(113)93-53(33-46(3)4)71(107)92-58/h5-16,20-27,45-46,51-62,97-98H,17-19,28-44,80H2,1-4H3,(H2,81,99)(H,82,100)(H,83,104)(H,84,105)(H,85,102)(H,86,101)(H,87,103)(H,88,111)(H,89,112)(H,90,109)(H,91,106)(H,92,107)(H,93,113)(H,94,108)(H,95,110)(H,115,116)/t51-,52-,53-,54-,55-,56-,57-,58-,59-,60-,61-,62-/m0/s1. The first-order valence-corrected chi connectivity index (χ1v) is 38.4. The Morgan fingerprint density at radius 3 is 1.53 bits per heavy atom. The van der Waals surface area contributed by atoms with Gasteiger partial charge in [0.05, 0.1) is 45.7 Å². The van der Waals surface area contributed by atoms with Crippen LogP contribution >= 0.6 is 0 Å². The highest BCUT2D eigenvalue weighted by molar-refractivity contribution is 6.02. The van der Waals surface area contributed by atoms with Crippen LogP contribution in [0.4, 0.5) is 0 Å². The van der Waals surface area contributed by atoms with Crippen LogP contribution in [0.2, 0.25) is 0 Å². The smallest absolute Gasteiger partial charge is 0.326 e. The van der Waals surface area contributed by atoms with E-state index in [1.54, 1.807) is 149 Å². The van der Waals surface area contributed by atoms with E-state index in [0.717, 1.165) is 0 Å². The third-order valence-corrected chi connectivity index (χ3v) is 18.8. The Labute approximate surface area is 670 Å². The molecule has 37 nitrogen and oxygen atoms in total. The van der Waals surface area contributed by atoms with Crippen LogP contribution in [0.3, 0.4) is 0 Å². The molecule has 4 aromatic carbocycles. The fraction of sp³-hybridized carbons (Fsp3) is 0.481. The predicted molar refractivity (Wildman–Crippen MR) is 418 cm³/mol. The number of aliphatic hydroxyl groups is 2. The number of carbonyl (C=O) groups is 17. The van der Waals surface area contributed by atoms with Gasteiger partial charge >= 0.3 is 5.97 Å². The highest BCUT2D eigenvalue weighted by atomic mass is 16.4. The number of carboxylic acid groups (broad SMARTS) is 1. The molecule has 6 rings (SSSR count). The first kappa shape index (κ1) is 92.6. The molecular formula is C79H107N17O20. The lowest BCUT2D eigenvalue weighted by atomic mass is 10.0. The molecule has 12 atom stereocenters. The third-order valence-electron chi connectivity index (χ3n) is 18.8. The molecule has 21 N–H and O–H groups in total. The molecule has 628 valence electrons. The number of aliphatic hydroxyl groups excluding tert-OH is 2. The van der Waals surface area contributed by atoms with Gasteiger partial charge in [-0.25, -0.2) is 4.79 Å². The van der Waals surface area contributed by atoms with Crippen molar-refractivity contribution in [2.75, 3.05) is 45.9 Å². The van der Waals surface area contributed by atoms with E-state index in [1.807, 2.05) is 0 Å². The normalized spacial score (nSPS) is 19.7. The summed E-state index contributed by atoms with van der Waals surface area (Å²) in [5.41, 5.74) is 13.4. The summed E-state index contributed by atoms with van der Waals surface area (Å²) in [5, 5.41) is 65.5. The first-order valence-electron chi connectivity index (χ1n) is 38.4. The minimum atomic E-state index is -2.02. The number of carbonyl (C=O) groups excluding carboxylic acids is 16. The highest BCUT2D eigenvalue weighted by Crippen LogP contribution is 2.22. The van der Waals surface area contributed by atoms with Crippen LogP contribution in [0.15, 0.2) is 121 Å². The molecule has 16 amide bonds. The monoisotopic (exact) mass is 1610 g/mol. The van der Waals surface area contributed by atoms with Gasteiger partial charge in [0.15, 0.2) is 0 Å².